The molecule has 0 N–H and O–H groups in total. The molecule has 9 heteroatoms. The molecule has 4 aromatic rings. The second-order valence-electron chi connectivity index (χ2n) is 8.12. The van der Waals surface area contributed by atoms with Gasteiger partial charge in [-0.2, -0.15) is 0 Å². The van der Waals surface area contributed by atoms with Crippen molar-refractivity contribution in [2.45, 2.75) is 13.0 Å². The molecule has 0 unspecified atom stereocenters. The predicted octanol–water partition coefficient (Wildman–Crippen LogP) is 4.66. The van der Waals surface area contributed by atoms with E-state index >= 15 is 0 Å². The van der Waals surface area contributed by atoms with Crippen molar-refractivity contribution >= 4 is 52.0 Å². The van der Waals surface area contributed by atoms with Crippen LogP contribution in [0.3, 0.4) is 0 Å². The van der Waals surface area contributed by atoms with E-state index in [9.17, 15) is 9.59 Å². The summed E-state index contributed by atoms with van der Waals surface area (Å²) < 4.78 is 13.1. The van der Waals surface area contributed by atoms with Gasteiger partial charge in [-0.15, -0.1) is 17.8 Å². The normalized spacial score (nSPS) is 15.0. The Balaban J connectivity index is 1.79. The van der Waals surface area contributed by atoms with Gasteiger partial charge in [-0.1, -0.05) is 65.3 Å². The zero-order valence-electron chi connectivity index (χ0n) is 20.2. The van der Waals surface area contributed by atoms with Gasteiger partial charge in [0.25, 0.3) is 5.56 Å². The zero-order valence-corrected chi connectivity index (χ0v) is 22.6. The van der Waals surface area contributed by atoms with Gasteiger partial charge in [0, 0.05) is 21.0 Å². The van der Waals surface area contributed by atoms with Crippen LogP contribution in [0.25, 0.3) is 11.8 Å². The smallest absolute Gasteiger partial charge is 0.338 e. The largest absolute Gasteiger partial charge is 0.480 e. The Morgan fingerprint density at radius 1 is 1.21 bits per heavy atom. The van der Waals surface area contributed by atoms with E-state index in [1.165, 1.54) is 22.7 Å². The number of hydrogen-bond donors (Lipinski definition) is 0. The standard InChI is InChI=1S/C29H21ClN2O4S2/c1-3-14-36-21-13-12-20(30)16-19(21)17-23-27(33)32-26(22-11-8-15-37-22)24(28(34)35-4-2)25(31-29(32)38-23)18-9-6-5-7-10-18/h1,5-13,15-17,26H,4,14H2,2H3/b23-17-/t26-/m0/s1. The molecule has 1 atom stereocenters. The van der Waals surface area contributed by atoms with Crippen molar-refractivity contribution in [3.8, 4) is 18.1 Å². The molecule has 0 bridgehead atoms. The van der Waals surface area contributed by atoms with Crippen LogP contribution < -0.4 is 19.6 Å². The van der Waals surface area contributed by atoms with Crippen molar-refractivity contribution < 1.29 is 14.3 Å². The average molecular weight is 561 g/mol. The topological polar surface area (TPSA) is 69.9 Å². The molecule has 6 nitrogen and oxygen atoms in total. The molecule has 1 aliphatic heterocycles. The summed E-state index contributed by atoms with van der Waals surface area (Å²) in [5, 5.41) is 2.40. The number of halogens is 1. The fourth-order valence-electron chi connectivity index (χ4n) is 4.18. The van der Waals surface area contributed by atoms with Crippen LogP contribution in [0.5, 0.6) is 5.75 Å². The molecule has 0 radical (unpaired) electrons. The fourth-order valence-corrected chi connectivity index (χ4v) is 6.18. The summed E-state index contributed by atoms with van der Waals surface area (Å²) >= 11 is 8.94. The molecule has 2 aromatic carbocycles. The number of rotatable bonds is 7. The van der Waals surface area contributed by atoms with Crippen LogP contribution in [0, 0.1) is 12.3 Å². The third-order valence-electron chi connectivity index (χ3n) is 5.76. The summed E-state index contributed by atoms with van der Waals surface area (Å²) in [5.74, 6) is 2.44. The molecule has 2 aromatic heterocycles. The van der Waals surface area contributed by atoms with Crippen LogP contribution in [-0.2, 0) is 9.53 Å². The molecule has 0 saturated carbocycles. The number of esters is 1. The Hall–Kier alpha value is -3.90. The molecule has 190 valence electrons. The first-order chi connectivity index (χ1) is 18.5. The van der Waals surface area contributed by atoms with Gasteiger partial charge in [0.2, 0.25) is 0 Å². The van der Waals surface area contributed by atoms with Crippen LogP contribution in [0.2, 0.25) is 5.02 Å². The lowest BCUT2D eigenvalue weighted by molar-refractivity contribution is -0.138. The van der Waals surface area contributed by atoms with Crippen molar-refractivity contribution in [2.75, 3.05) is 13.2 Å². The molecule has 5 rings (SSSR count). The van der Waals surface area contributed by atoms with Crippen LogP contribution in [-0.4, -0.2) is 23.8 Å². The van der Waals surface area contributed by atoms with Crippen molar-refractivity contribution in [1.29, 1.82) is 0 Å². The van der Waals surface area contributed by atoms with Crippen molar-refractivity contribution in [1.82, 2.24) is 4.57 Å². The first kappa shape index (κ1) is 25.7. The molecule has 0 saturated heterocycles. The summed E-state index contributed by atoms with van der Waals surface area (Å²) in [6.45, 7) is 2.02. The van der Waals surface area contributed by atoms with Gasteiger partial charge in [0.15, 0.2) is 4.80 Å². The number of thiophene rings is 1. The Labute approximate surface area is 231 Å². The third kappa shape index (κ3) is 4.96. The fraction of sp³-hybridized carbons (Fsp3) is 0.138. The van der Waals surface area contributed by atoms with Gasteiger partial charge in [0.05, 0.1) is 22.4 Å². The third-order valence-corrected chi connectivity index (χ3v) is 7.90. The first-order valence-corrected chi connectivity index (χ1v) is 13.8. The minimum Gasteiger partial charge on any atom is -0.480 e. The SMILES string of the molecule is C#CCOc1ccc(Cl)cc1/C=c1\sc2n(c1=O)[C@@H](c1cccs1)C(C(=O)OCC)=C(c1ccccc1)N=2. The quantitative estimate of drug-likeness (QED) is 0.243. The molecule has 0 spiro atoms. The Morgan fingerprint density at radius 3 is 2.74 bits per heavy atom. The van der Waals surface area contributed by atoms with E-state index in [0.29, 0.717) is 36.9 Å². The van der Waals surface area contributed by atoms with Crippen molar-refractivity contribution in [2.24, 2.45) is 4.99 Å². The molecule has 0 aliphatic carbocycles. The minimum absolute atomic E-state index is 0.0748. The van der Waals surface area contributed by atoms with E-state index in [2.05, 4.69) is 5.92 Å². The number of carbonyl (C=O) groups is 1. The van der Waals surface area contributed by atoms with Gasteiger partial charge in [-0.05, 0) is 42.6 Å². The Morgan fingerprint density at radius 2 is 2.03 bits per heavy atom. The Kier molecular flexibility index (Phi) is 7.61. The monoisotopic (exact) mass is 560 g/mol. The molecule has 0 fully saturated rings. The summed E-state index contributed by atoms with van der Waals surface area (Å²) in [7, 11) is 0. The highest BCUT2D eigenvalue weighted by Crippen LogP contribution is 2.36. The van der Waals surface area contributed by atoms with E-state index in [4.69, 9.17) is 32.5 Å². The highest BCUT2D eigenvalue weighted by atomic mass is 35.5. The summed E-state index contributed by atoms with van der Waals surface area (Å²) in [4.78, 5) is 33.4. The van der Waals surface area contributed by atoms with Crippen LogP contribution in [0.4, 0.5) is 0 Å². The van der Waals surface area contributed by atoms with Gasteiger partial charge in [-0.3, -0.25) is 9.36 Å². The number of benzene rings is 2. The Bertz CT molecular complexity index is 1750. The van der Waals surface area contributed by atoms with Gasteiger partial charge in [-0.25, -0.2) is 9.79 Å². The number of fused-ring (bicyclic) bond motifs is 1. The number of ether oxygens (including phenoxy) is 2. The lowest BCUT2D eigenvalue weighted by Gasteiger charge is -2.24. The predicted molar refractivity (Wildman–Crippen MR) is 151 cm³/mol. The summed E-state index contributed by atoms with van der Waals surface area (Å²) in [6.07, 6.45) is 7.08. The maximum Gasteiger partial charge on any atom is 0.338 e. The minimum atomic E-state index is -0.695. The van der Waals surface area contributed by atoms with Crippen molar-refractivity contribution in [3.05, 3.63) is 112 Å². The van der Waals surface area contributed by atoms with E-state index in [-0.39, 0.29) is 18.8 Å². The van der Waals surface area contributed by atoms with Gasteiger partial charge < -0.3 is 9.47 Å². The average Bonchev–Trinajstić information content (AvgIpc) is 3.56. The van der Waals surface area contributed by atoms with Crippen LogP contribution >= 0.6 is 34.3 Å². The lowest BCUT2D eigenvalue weighted by atomic mass is 9.97. The van der Waals surface area contributed by atoms with E-state index < -0.39 is 12.0 Å². The highest BCUT2D eigenvalue weighted by molar-refractivity contribution is 7.10. The second kappa shape index (κ2) is 11.2. The van der Waals surface area contributed by atoms with Crippen LogP contribution in [0.1, 0.15) is 29.0 Å². The molecular weight excluding hydrogens is 540 g/mol. The van der Waals surface area contributed by atoms with Crippen molar-refractivity contribution in [3.63, 3.8) is 0 Å². The maximum absolute atomic E-state index is 13.9. The second-order valence-corrected chi connectivity index (χ2v) is 10.5. The number of terminal acetylenes is 1. The first-order valence-electron chi connectivity index (χ1n) is 11.7. The van der Waals surface area contributed by atoms with Gasteiger partial charge >= 0.3 is 5.97 Å². The number of thiazole rings is 1. The van der Waals surface area contributed by atoms with E-state index in [1.54, 1.807) is 35.8 Å². The zero-order chi connectivity index (χ0) is 26.6. The molecular formula is C29H21ClN2O4S2. The van der Waals surface area contributed by atoms with Gasteiger partial charge in [0.1, 0.15) is 18.4 Å². The summed E-state index contributed by atoms with van der Waals surface area (Å²) in [6, 6.07) is 17.7. The number of carbonyl (C=O) groups excluding carboxylic acids is 1. The molecule has 3 heterocycles. The number of aromatic nitrogens is 1. The molecule has 1 aliphatic rings. The maximum atomic E-state index is 13.9. The highest BCUT2D eigenvalue weighted by Gasteiger charge is 2.35. The van der Waals surface area contributed by atoms with E-state index in [0.717, 1.165) is 10.4 Å². The number of hydrogen-bond acceptors (Lipinski definition) is 7. The lowest BCUT2D eigenvalue weighted by Crippen LogP contribution is -2.39. The van der Waals surface area contributed by atoms with E-state index in [1.807, 2.05) is 47.8 Å². The van der Waals surface area contributed by atoms with Crippen LogP contribution in [0.15, 0.2) is 81.4 Å². The number of nitrogens with zero attached hydrogens (tertiary/aromatic N) is 2. The molecule has 0 amide bonds. The molecule has 38 heavy (non-hydrogen) atoms. The summed E-state index contributed by atoms with van der Waals surface area (Å²) in [5.41, 5.74) is 1.88.